The van der Waals surface area contributed by atoms with Crippen molar-refractivity contribution in [1.82, 2.24) is 0 Å². The smallest absolute Gasteiger partial charge is 0.314 e. The molecular weight excluding hydrogens is 334 g/mol. The lowest BCUT2D eigenvalue weighted by atomic mass is 9.69. The zero-order chi connectivity index (χ0) is 19.5. The molecule has 1 saturated carbocycles. The second-order valence-corrected chi connectivity index (χ2v) is 8.15. The molecule has 2 rings (SSSR count). The van der Waals surface area contributed by atoms with Crippen LogP contribution < -0.4 is 4.74 Å². The van der Waals surface area contributed by atoms with Crippen LogP contribution in [0, 0.1) is 22.7 Å². The molecule has 1 aliphatic carbocycles. The highest BCUT2D eigenvalue weighted by molar-refractivity contribution is 5.75. The van der Waals surface area contributed by atoms with Crippen molar-refractivity contribution in [3.63, 3.8) is 0 Å². The quantitative estimate of drug-likeness (QED) is 0.265. The van der Waals surface area contributed by atoms with Crippen molar-refractivity contribution in [3.8, 4) is 11.8 Å². The normalized spacial score (nSPS) is 22.2. The Hall–Kier alpha value is -1.82. The summed E-state index contributed by atoms with van der Waals surface area (Å²) in [6.07, 6.45) is 12.5. The van der Waals surface area contributed by atoms with E-state index in [9.17, 15) is 10.1 Å². The Labute approximate surface area is 165 Å². The number of carbonyl (C=O) groups is 1. The van der Waals surface area contributed by atoms with E-state index in [1.54, 1.807) is 0 Å². The lowest BCUT2D eigenvalue weighted by Crippen LogP contribution is -2.31. The standard InChI is InChI=1S/C24H35NO2/c1-3-5-6-7-8-16-24(19-25)17-14-21(15-18-24)23(26)27-22-12-10-20(9-4-2)11-13-22/h10-13,21H,3-9,14-18H2,1-2H3/t21-,24-. The van der Waals surface area contributed by atoms with E-state index in [4.69, 9.17) is 4.74 Å². The number of aryl methyl sites for hydroxylation is 1. The molecule has 0 atom stereocenters. The molecule has 0 radical (unpaired) electrons. The zero-order valence-electron chi connectivity index (χ0n) is 17.1. The van der Waals surface area contributed by atoms with Crippen molar-refractivity contribution >= 4 is 5.97 Å². The third-order valence-electron chi connectivity index (χ3n) is 5.95. The number of nitriles is 1. The van der Waals surface area contributed by atoms with Gasteiger partial charge in [-0.1, -0.05) is 64.5 Å². The summed E-state index contributed by atoms with van der Waals surface area (Å²) in [4.78, 5) is 12.5. The Bertz CT molecular complexity index is 606. The molecule has 3 nitrogen and oxygen atoms in total. The van der Waals surface area contributed by atoms with Gasteiger partial charge in [0, 0.05) is 0 Å². The van der Waals surface area contributed by atoms with Crippen molar-refractivity contribution in [2.24, 2.45) is 11.3 Å². The van der Waals surface area contributed by atoms with Gasteiger partial charge in [-0.05, 0) is 56.2 Å². The van der Waals surface area contributed by atoms with Gasteiger partial charge in [-0.25, -0.2) is 0 Å². The Morgan fingerprint density at radius 2 is 1.74 bits per heavy atom. The zero-order valence-corrected chi connectivity index (χ0v) is 17.1. The van der Waals surface area contributed by atoms with E-state index < -0.39 is 0 Å². The van der Waals surface area contributed by atoms with Crippen LogP contribution in [0.3, 0.4) is 0 Å². The number of carbonyl (C=O) groups excluding carboxylic acids is 1. The molecule has 0 heterocycles. The number of unbranched alkanes of at least 4 members (excludes halogenated alkanes) is 4. The second kappa shape index (κ2) is 11.1. The molecular formula is C24H35NO2. The van der Waals surface area contributed by atoms with Gasteiger partial charge in [-0.3, -0.25) is 4.79 Å². The number of benzene rings is 1. The monoisotopic (exact) mass is 369 g/mol. The Kier molecular flexibility index (Phi) is 8.85. The number of hydrogen-bond donors (Lipinski definition) is 0. The average Bonchev–Trinajstić information content (AvgIpc) is 2.70. The van der Waals surface area contributed by atoms with Gasteiger partial charge in [-0.15, -0.1) is 0 Å². The van der Waals surface area contributed by atoms with Crippen LogP contribution >= 0.6 is 0 Å². The fourth-order valence-electron chi connectivity index (χ4n) is 4.10. The van der Waals surface area contributed by atoms with E-state index in [-0.39, 0.29) is 17.3 Å². The summed E-state index contributed by atoms with van der Waals surface area (Å²) in [5.41, 5.74) is 1.05. The first-order chi connectivity index (χ1) is 13.1. The molecule has 1 fully saturated rings. The van der Waals surface area contributed by atoms with Gasteiger partial charge in [0.15, 0.2) is 0 Å². The van der Waals surface area contributed by atoms with E-state index in [2.05, 4.69) is 19.9 Å². The maximum Gasteiger partial charge on any atom is 0.314 e. The summed E-state index contributed by atoms with van der Waals surface area (Å²) in [5, 5.41) is 9.71. The molecule has 0 amide bonds. The predicted molar refractivity (Wildman–Crippen MR) is 109 cm³/mol. The first-order valence-electron chi connectivity index (χ1n) is 10.8. The van der Waals surface area contributed by atoms with Gasteiger partial charge in [0.2, 0.25) is 0 Å². The van der Waals surface area contributed by atoms with Gasteiger partial charge < -0.3 is 4.74 Å². The Morgan fingerprint density at radius 3 is 2.33 bits per heavy atom. The van der Waals surface area contributed by atoms with Gasteiger partial charge in [0.1, 0.15) is 5.75 Å². The maximum absolute atomic E-state index is 12.5. The van der Waals surface area contributed by atoms with E-state index in [1.165, 1.54) is 31.2 Å². The summed E-state index contributed by atoms with van der Waals surface area (Å²) in [7, 11) is 0. The van der Waals surface area contributed by atoms with E-state index in [0.29, 0.717) is 5.75 Å². The summed E-state index contributed by atoms with van der Waals surface area (Å²) in [6.45, 7) is 4.38. The number of nitrogens with zero attached hydrogens (tertiary/aromatic N) is 1. The highest BCUT2D eigenvalue weighted by atomic mass is 16.5. The molecule has 27 heavy (non-hydrogen) atoms. The van der Waals surface area contributed by atoms with Crippen molar-refractivity contribution in [2.75, 3.05) is 0 Å². The first-order valence-corrected chi connectivity index (χ1v) is 10.8. The van der Waals surface area contributed by atoms with Crippen LogP contribution in [-0.4, -0.2) is 5.97 Å². The van der Waals surface area contributed by atoms with Crippen molar-refractivity contribution in [1.29, 1.82) is 5.26 Å². The fraction of sp³-hybridized carbons (Fsp3) is 0.667. The number of ether oxygens (including phenoxy) is 1. The lowest BCUT2D eigenvalue weighted by molar-refractivity contribution is -0.140. The Balaban J connectivity index is 1.79. The average molecular weight is 370 g/mol. The molecule has 1 aromatic carbocycles. The molecule has 1 aromatic rings. The number of hydrogen-bond acceptors (Lipinski definition) is 3. The van der Waals surface area contributed by atoms with Crippen LogP contribution in [0.4, 0.5) is 0 Å². The van der Waals surface area contributed by atoms with Gasteiger partial charge >= 0.3 is 5.97 Å². The second-order valence-electron chi connectivity index (χ2n) is 8.15. The number of esters is 1. The SMILES string of the molecule is CCCCCCC[C@]1(C#N)CC[C@H](C(=O)Oc2ccc(CCC)cc2)CC1. The van der Waals surface area contributed by atoms with E-state index in [1.807, 2.05) is 24.3 Å². The van der Waals surface area contributed by atoms with Crippen LogP contribution in [0.2, 0.25) is 0 Å². The van der Waals surface area contributed by atoms with Crippen LogP contribution in [0.1, 0.15) is 90.0 Å². The lowest BCUT2D eigenvalue weighted by Gasteiger charge is -2.34. The van der Waals surface area contributed by atoms with Crippen molar-refractivity contribution in [2.45, 2.75) is 90.9 Å². The van der Waals surface area contributed by atoms with Gasteiger partial charge in [0.05, 0.1) is 17.4 Å². The minimum absolute atomic E-state index is 0.0677. The summed E-state index contributed by atoms with van der Waals surface area (Å²) in [5.74, 6) is 0.433. The minimum Gasteiger partial charge on any atom is -0.426 e. The Morgan fingerprint density at radius 1 is 1.07 bits per heavy atom. The fourth-order valence-corrected chi connectivity index (χ4v) is 4.10. The van der Waals surface area contributed by atoms with Crippen LogP contribution in [0.5, 0.6) is 5.75 Å². The molecule has 0 unspecified atom stereocenters. The molecule has 3 heteroatoms. The van der Waals surface area contributed by atoms with Crippen molar-refractivity contribution in [3.05, 3.63) is 29.8 Å². The predicted octanol–water partition coefficient (Wildman–Crippen LogP) is 6.61. The molecule has 0 N–H and O–H groups in total. The third-order valence-corrected chi connectivity index (χ3v) is 5.95. The topological polar surface area (TPSA) is 50.1 Å². The van der Waals surface area contributed by atoms with Gasteiger partial charge in [-0.2, -0.15) is 5.26 Å². The molecule has 0 bridgehead atoms. The summed E-state index contributed by atoms with van der Waals surface area (Å²) in [6, 6.07) is 10.4. The van der Waals surface area contributed by atoms with E-state index in [0.717, 1.165) is 51.4 Å². The summed E-state index contributed by atoms with van der Waals surface area (Å²) < 4.78 is 5.59. The van der Waals surface area contributed by atoms with Crippen LogP contribution in [0.25, 0.3) is 0 Å². The minimum atomic E-state index is -0.217. The third kappa shape index (κ3) is 6.69. The molecule has 1 aliphatic rings. The van der Waals surface area contributed by atoms with Gasteiger partial charge in [0.25, 0.3) is 0 Å². The highest BCUT2D eigenvalue weighted by Gasteiger charge is 2.37. The van der Waals surface area contributed by atoms with Crippen LogP contribution in [0.15, 0.2) is 24.3 Å². The molecule has 0 aromatic heterocycles. The molecule has 0 aliphatic heterocycles. The molecule has 0 spiro atoms. The van der Waals surface area contributed by atoms with Crippen molar-refractivity contribution < 1.29 is 9.53 Å². The maximum atomic E-state index is 12.5. The molecule has 0 saturated heterocycles. The summed E-state index contributed by atoms with van der Waals surface area (Å²) >= 11 is 0. The highest BCUT2D eigenvalue weighted by Crippen LogP contribution is 2.42. The van der Waals surface area contributed by atoms with Crippen LogP contribution in [-0.2, 0) is 11.2 Å². The molecule has 148 valence electrons. The van der Waals surface area contributed by atoms with E-state index >= 15 is 0 Å². The largest absolute Gasteiger partial charge is 0.426 e. The first kappa shape index (κ1) is 21.5. The number of rotatable bonds is 10.